The Morgan fingerprint density at radius 3 is 2.35 bits per heavy atom. The second-order valence-corrected chi connectivity index (χ2v) is 8.93. The second-order valence-electron chi connectivity index (χ2n) is 6.24. The Morgan fingerprint density at radius 2 is 1.74 bits per heavy atom. The van der Waals surface area contributed by atoms with Crippen LogP contribution in [0.1, 0.15) is 32.6 Å². The van der Waals surface area contributed by atoms with Crippen LogP contribution >= 0.6 is 11.3 Å². The summed E-state index contributed by atoms with van der Waals surface area (Å²) in [6, 6.07) is 10.5. The van der Waals surface area contributed by atoms with Gasteiger partial charge in [-0.15, -0.1) is 0 Å². The van der Waals surface area contributed by atoms with Crippen LogP contribution in [0.4, 0.5) is 15.2 Å². The summed E-state index contributed by atoms with van der Waals surface area (Å²) in [5.41, 5.74) is 1.13. The third kappa shape index (κ3) is 5.44. The average molecular weight is 464 g/mol. The number of sulfonamides is 1. The van der Waals surface area contributed by atoms with E-state index in [1.807, 2.05) is 0 Å². The predicted octanol–water partition coefficient (Wildman–Crippen LogP) is 3.82. The van der Waals surface area contributed by atoms with Crippen molar-refractivity contribution >= 4 is 44.1 Å². The summed E-state index contributed by atoms with van der Waals surface area (Å²) >= 11 is 0.865. The number of nitrogens with zero attached hydrogens (tertiary/aromatic N) is 1. The molecule has 0 aliphatic carbocycles. The van der Waals surface area contributed by atoms with E-state index in [1.165, 1.54) is 12.1 Å². The van der Waals surface area contributed by atoms with E-state index in [1.54, 1.807) is 26.0 Å². The maximum Gasteiger partial charge on any atom is 0.338 e. The summed E-state index contributed by atoms with van der Waals surface area (Å²) in [5, 5.41) is 2.68. The van der Waals surface area contributed by atoms with Gasteiger partial charge in [0.05, 0.1) is 22.8 Å². The number of anilines is 2. The van der Waals surface area contributed by atoms with E-state index in [4.69, 9.17) is 4.74 Å². The quantitative estimate of drug-likeness (QED) is 0.515. The first-order valence-corrected chi connectivity index (χ1v) is 11.3. The topological polar surface area (TPSA) is 114 Å². The van der Waals surface area contributed by atoms with Crippen LogP contribution < -0.4 is 10.0 Å². The number of carbonyl (C=O) groups is 2. The van der Waals surface area contributed by atoms with Gasteiger partial charge in [0.15, 0.2) is 5.13 Å². The minimum absolute atomic E-state index is 0.00429. The zero-order valence-corrected chi connectivity index (χ0v) is 18.1. The third-order valence-corrected chi connectivity index (χ3v) is 6.56. The molecule has 2 N–H and O–H groups in total. The average Bonchev–Trinajstić information content (AvgIpc) is 3.08. The molecule has 0 unspecified atom stereocenters. The van der Waals surface area contributed by atoms with Crippen LogP contribution in [-0.2, 0) is 14.8 Å². The van der Waals surface area contributed by atoms with Crippen molar-refractivity contribution in [3.05, 3.63) is 70.5 Å². The number of hydrogen-bond donors (Lipinski definition) is 2. The van der Waals surface area contributed by atoms with E-state index in [9.17, 15) is 22.4 Å². The molecule has 0 fully saturated rings. The first-order valence-electron chi connectivity index (χ1n) is 9.04. The number of benzene rings is 2. The lowest BCUT2D eigenvalue weighted by molar-refractivity contribution is 0.0526. The van der Waals surface area contributed by atoms with Crippen molar-refractivity contribution in [2.45, 2.75) is 18.7 Å². The third-order valence-electron chi connectivity index (χ3n) is 4.00. The fraction of sp³-hybridized carbons (Fsp3) is 0.150. The highest BCUT2D eigenvalue weighted by Crippen LogP contribution is 2.26. The summed E-state index contributed by atoms with van der Waals surface area (Å²) in [6.07, 6.45) is 0. The van der Waals surface area contributed by atoms with Crippen molar-refractivity contribution in [1.82, 2.24) is 4.98 Å². The molecular formula is C20H18FN3O5S2. The number of thiazole rings is 1. The smallest absolute Gasteiger partial charge is 0.338 e. The minimum Gasteiger partial charge on any atom is -0.462 e. The van der Waals surface area contributed by atoms with Crippen LogP contribution in [0.2, 0.25) is 0 Å². The number of nitrogens with one attached hydrogen (secondary N) is 2. The molecule has 11 heteroatoms. The molecule has 0 aliphatic rings. The van der Waals surface area contributed by atoms with Gasteiger partial charge in [0.2, 0.25) is 0 Å². The Kier molecular flexibility index (Phi) is 6.66. The summed E-state index contributed by atoms with van der Waals surface area (Å²) in [7, 11) is -3.98. The first-order chi connectivity index (χ1) is 14.7. The number of carbonyl (C=O) groups excluding carboxylic acids is 2. The summed E-state index contributed by atoms with van der Waals surface area (Å²) in [6.45, 7) is 3.54. The van der Waals surface area contributed by atoms with E-state index >= 15 is 0 Å². The zero-order valence-electron chi connectivity index (χ0n) is 16.5. The number of ether oxygens (including phenoxy) is 1. The molecule has 0 spiro atoms. The molecule has 162 valence electrons. The molecule has 3 rings (SSSR count). The van der Waals surface area contributed by atoms with E-state index in [0.717, 1.165) is 35.6 Å². The number of aryl methyl sites for hydroxylation is 1. The van der Waals surface area contributed by atoms with Crippen molar-refractivity contribution in [2.75, 3.05) is 16.6 Å². The van der Waals surface area contributed by atoms with Crippen molar-refractivity contribution in [3.63, 3.8) is 0 Å². The monoisotopic (exact) mass is 463 g/mol. The number of esters is 1. The lowest BCUT2D eigenvalue weighted by Crippen LogP contribution is -2.12. The largest absolute Gasteiger partial charge is 0.462 e. The molecule has 0 saturated carbocycles. The van der Waals surface area contributed by atoms with Crippen molar-refractivity contribution in [3.8, 4) is 0 Å². The fourth-order valence-corrected chi connectivity index (χ4v) is 4.63. The maximum absolute atomic E-state index is 13.0. The van der Waals surface area contributed by atoms with Crippen LogP contribution in [0.25, 0.3) is 0 Å². The first kappa shape index (κ1) is 22.4. The number of hydrogen-bond acceptors (Lipinski definition) is 7. The number of aromatic nitrogens is 1. The molecule has 0 radical (unpaired) electrons. The molecule has 0 aliphatic heterocycles. The Morgan fingerprint density at radius 1 is 1.10 bits per heavy atom. The van der Waals surface area contributed by atoms with Gasteiger partial charge >= 0.3 is 5.97 Å². The van der Waals surface area contributed by atoms with Gasteiger partial charge in [0, 0.05) is 5.69 Å². The summed E-state index contributed by atoms with van der Waals surface area (Å²) in [4.78, 5) is 28.5. The number of amides is 1. The van der Waals surface area contributed by atoms with Crippen LogP contribution in [0.15, 0.2) is 53.4 Å². The van der Waals surface area contributed by atoms with Gasteiger partial charge in [-0.3, -0.25) is 9.52 Å². The lowest BCUT2D eigenvalue weighted by atomic mass is 10.2. The minimum atomic E-state index is -3.98. The van der Waals surface area contributed by atoms with Gasteiger partial charge in [-0.25, -0.2) is 22.6 Å². The molecule has 1 amide bonds. The molecule has 1 heterocycles. The number of halogens is 1. The molecule has 1 aromatic heterocycles. The van der Waals surface area contributed by atoms with Crippen molar-refractivity contribution in [1.29, 1.82) is 0 Å². The lowest BCUT2D eigenvalue weighted by Gasteiger charge is -2.06. The van der Waals surface area contributed by atoms with Crippen LogP contribution in [0.3, 0.4) is 0 Å². The van der Waals surface area contributed by atoms with Gasteiger partial charge < -0.3 is 10.1 Å². The highest BCUT2D eigenvalue weighted by molar-refractivity contribution is 7.93. The molecule has 31 heavy (non-hydrogen) atoms. The highest BCUT2D eigenvalue weighted by Gasteiger charge is 2.20. The molecule has 0 atom stereocenters. The van der Waals surface area contributed by atoms with Crippen molar-refractivity contribution in [2.24, 2.45) is 0 Å². The Hall–Kier alpha value is -3.31. The van der Waals surface area contributed by atoms with Gasteiger partial charge in [-0.1, -0.05) is 11.3 Å². The van der Waals surface area contributed by atoms with Gasteiger partial charge in [0.25, 0.3) is 15.9 Å². The zero-order chi connectivity index (χ0) is 22.6. The summed E-state index contributed by atoms with van der Waals surface area (Å²) < 4.78 is 45.1. The van der Waals surface area contributed by atoms with E-state index < -0.39 is 27.7 Å². The Balaban J connectivity index is 1.72. The molecule has 3 aromatic rings. The van der Waals surface area contributed by atoms with E-state index in [2.05, 4.69) is 15.0 Å². The van der Waals surface area contributed by atoms with Gasteiger partial charge in [-0.05, 0) is 62.4 Å². The second kappa shape index (κ2) is 9.23. The van der Waals surface area contributed by atoms with Crippen LogP contribution in [-0.4, -0.2) is 31.9 Å². The highest BCUT2D eigenvalue weighted by atomic mass is 32.2. The molecule has 0 saturated heterocycles. The van der Waals surface area contributed by atoms with E-state index in [-0.39, 0.29) is 21.5 Å². The van der Waals surface area contributed by atoms with Crippen molar-refractivity contribution < 1.29 is 27.1 Å². The fourth-order valence-electron chi connectivity index (χ4n) is 2.53. The number of rotatable bonds is 7. The Labute approximate surface area is 182 Å². The molecule has 2 aromatic carbocycles. The predicted molar refractivity (Wildman–Crippen MR) is 114 cm³/mol. The molecule has 0 bridgehead atoms. The summed E-state index contributed by atoms with van der Waals surface area (Å²) in [5.74, 6) is -1.50. The van der Waals surface area contributed by atoms with Gasteiger partial charge in [0.1, 0.15) is 10.7 Å². The van der Waals surface area contributed by atoms with Gasteiger partial charge in [-0.2, -0.15) is 0 Å². The molecule has 8 nitrogen and oxygen atoms in total. The van der Waals surface area contributed by atoms with Crippen LogP contribution in [0.5, 0.6) is 0 Å². The Bertz CT molecular complexity index is 1210. The SMILES string of the molecule is CCOC(=O)c1ccc(NC(=O)c2sc(NS(=O)(=O)c3ccc(F)cc3)nc2C)cc1. The molecular weight excluding hydrogens is 445 g/mol. The normalized spacial score (nSPS) is 11.1. The van der Waals surface area contributed by atoms with E-state index in [0.29, 0.717) is 16.9 Å². The van der Waals surface area contributed by atoms with Crippen LogP contribution in [0, 0.1) is 12.7 Å². The standard InChI is InChI=1S/C20H18FN3O5S2/c1-3-29-19(26)13-4-8-15(9-5-13)23-18(25)17-12(2)22-20(30-17)24-31(27,28)16-10-6-14(21)7-11-16/h4-11H,3H2,1-2H3,(H,22,24)(H,23,25). The maximum atomic E-state index is 13.0.